The van der Waals surface area contributed by atoms with Crippen molar-refractivity contribution in [3.63, 3.8) is 0 Å². The van der Waals surface area contributed by atoms with Gasteiger partial charge < -0.3 is 4.90 Å². The molecule has 1 aromatic carbocycles. The lowest BCUT2D eigenvalue weighted by atomic mass is 9.80. The molecule has 2 heteroatoms. The predicted octanol–water partition coefficient (Wildman–Crippen LogP) is 7.25. The van der Waals surface area contributed by atoms with Gasteiger partial charge in [0.2, 0.25) is 0 Å². The van der Waals surface area contributed by atoms with Crippen molar-refractivity contribution in [1.29, 1.82) is 5.26 Å². The highest BCUT2D eigenvalue weighted by Crippen LogP contribution is 2.39. The molecule has 0 saturated carbocycles. The van der Waals surface area contributed by atoms with Crippen LogP contribution in [0.4, 0.5) is 5.69 Å². The molecule has 0 spiro atoms. The van der Waals surface area contributed by atoms with Gasteiger partial charge in [0.15, 0.2) is 0 Å². The molecule has 0 amide bonds. The minimum Gasteiger partial charge on any atom is -0.350 e. The Balaban J connectivity index is 1.84. The summed E-state index contributed by atoms with van der Waals surface area (Å²) in [5.74, 6) is 0. The van der Waals surface area contributed by atoms with Crippen LogP contribution in [0, 0.1) is 11.3 Å². The van der Waals surface area contributed by atoms with Crippen molar-refractivity contribution in [1.82, 2.24) is 0 Å². The Morgan fingerprint density at radius 1 is 1.00 bits per heavy atom. The maximum Gasteiger partial charge on any atom is 0.128 e. The van der Waals surface area contributed by atoms with Gasteiger partial charge >= 0.3 is 0 Å². The van der Waals surface area contributed by atoms with E-state index in [0.29, 0.717) is 6.04 Å². The van der Waals surface area contributed by atoms with Crippen molar-refractivity contribution >= 4 is 5.69 Å². The summed E-state index contributed by atoms with van der Waals surface area (Å²) in [6.45, 7) is 4.56. The molecule has 1 saturated heterocycles. The summed E-state index contributed by atoms with van der Waals surface area (Å²) in [6, 6.07) is 13.8. The fraction of sp³-hybridized carbons (Fsp3) is 0.708. The summed E-state index contributed by atoms with van der Waals surface area (Å²) in [7, 11) is 0. The molecule has 0 radical (unpaired) electrons. The first-order chi connectivity index (χ1) is 12.7. The number of nitriles is 1. The number of benzene rings is 1. The van der Waals surface area contributed by atoms with E-state index in [1.54, 1.807) is 0 Å². The number of para-hydroxylation sites is 1. The van der Waals surface area contributed by atoms with Crippen molar-refractivity contribution in [2.75, 3.05) is 4.90 Å². The Hall–Kier alpha value is -1.49. The van der Waals surface area contributed by atoms with Crippen molar-refractivity contribution in [2.24, 2.45) is 0 Å². The molecule has 0 aromatic heterocycles. The van der Waals surface area contributed by atoms with E-state index in [0.717, 1.165) is 12.8 Å². The third-order valence-electron chi connectivity index (χ3n) is 6.05. The number of hydrogen-bond donors (Lipinski definition) is 0. The molecule has 0 N–H and O–H groups in total. The third-order valence-corrected chi connectivity index (χ3v) is 6.05. The van der Waals surface area contributed by atoms with E-state index < -0.39 is 0 Å². The van der Waals surface area contributed by atoms with Crippen LogP contribution in [0.1, 0.15) is 97.3 Å². The second kappa shape index (κ2) is 11.3. The fourth-order valence-corrected chi connectivity index (χ4v) is 4.59. The largest absolute Gasteiger partial charge is 0.350 e. The normalized spacial score (nSPS) is 23.0. The first-order valence-electron chi connectivity index (χ1n) is 11.0. The average molecular weight is 355 g/mol. The molecule has 1 heterocycles. The van der Waals surface area contributed by atoms with Gasteiger partial charge in [-0.3, -0.25) is 0 Å². The van der Waals surface area contributed by atoms with E-state index in [4.69, 9.17) is 0 Å². The van der Waals surface area contributed by atoms with Crippen LogP contribution in [0.15, 0.2) is 30.3 Å². The summed E-state index contributed by atoms with van der Waals surface area (Å²) in [4.78, 5) is 2.43. The van der Waals surface area contributed by atoms with Gasteiger partial charge in [0.1, 0.15) is 5.54 Å². The molecule has 0 unspecified atom stereocenters. The van der Waals surface area contributed by atoms with Gasteiger partial charge in [0.25, 0.3) is 0 Å². The summed E-state index contributed by atoms with van der Waals surface area (Å²) in [5.41, 5.74) is 0.914. The molecule has 2 rings (SSSR count). The SMILES string of the molecule is CCCCCCCCCCC[C@]1(C#N)CCC[C@H](C)N1c1ccccc1. The highest BCUT2D eigenvalue weighted by atomic mass is 15.2. The Morgan fingerprint density at radius 3 is 2.23 bits per heavy atom. The van der Waals surface area contributed by atoms with Crippen LogP contribution in [0.3, 0.4) is 0 Å². The molecular weight excluding hydrogens is 316 g/mol. The first-order valence-corrected chi connectivity index (χ1v) is 11.0. The molecule has 144 valence electrons. The van der Waals surface area contributed by atoms with E-state index in [1.807, 2.05) is 0 Å². The predicted molar refractivity (Wildman–Crippen MR) is 112 cm³/mol. The summed E-state index contributed by atoms with van der Waals surface area (Å²) in [6.07, 6.45) is 16.4. The minimum atomic E-state index is -0.305. The number of hydrogen-bond acceptors (Lipinski definition) is 2. The van der Waals surface area contributed by atoms with Crippen LogP contribution in [0.2, 0.25) is 0 Å². The topological polar surface area (TPSA) is 27.0 Å². The Kier molecular flexibility index (Phi) is 9.02. The number of rotatable bonds is 11. The van der Waals surface area contributed by atoms with Gasteiger partial charge in [-0.25, -0.2) is 0 Å². The molecule has 26 heavy (non-hydrogen) atoms. The van der Waals surface area contributed by atoms with E-state index in [2.05, 4.69) is 55.1 Å². The van der Waals surface area contributed by atoms with Crippen LogP contribution in [-0.4, -0.2) is 11.6 Å². The first kappa shape index (κ1) is 20.8. The zero-order valence-corrected chi connectivity index (χ0v) is 17.1. The number of nitrogens with zero attached hydrogens (tertiary/aromatic N) is 2. The molecule has 1 aliphatic rings. The maximum absolute atomic E-state index is 10.1. The molecule has 1 fully saturated rings. The number of piperidine rings is 1. The number of unbranched alkanes of at least 4 members (excludes halogenated alkanes) is 8. The van der Waals surface area contributed by atoms with Crippen molar-refractivity contribution in [3.05, 3.63) is 30.3 Å². The lowest BCUT2D eigenvalue weighted by molar-refractivity contribution is 0.306. The standard InChI is InChI=1S/C24H38N2/c1-3-4-5-6-7-8-9-10-14-19-24(21-25)20-15-16-22(2)26(24)23-17-12-11-13-18-23/h11-13,17-18,22H,3-10,14-16,19-20H2,1-2H3/t22-,24+/m0/s1. The fourth-order valence-electron chi connectivity index (χ4n) is 4.59. The van der Waals surface area contributed by atoms with Crippen LogP contribution in [-0.2, 0) is 0 Å². The molecular formula is C24H38N2. The molecule has 1 aromatic rings. The van der Waals surface area contributed by atoms with Gasteiger partial charge in [-0.2, -0.15) is 5.26 Å². The van der Waals surface area contributed by atoms with Crippen LogP contribution >= 0.6 is 0 Å². The van der Waals surface area contributed by atoms with Gasteiger partial charge in [0.05, 0.1) is 6.07 Å². The summed E-state index contributed by atoms with van der Waals surface area (Å²) in [5, 5.41) is 10.1. The van der Waals surface area contributed by atoms with Crippen LogP contribution in [0.5, 0.6) is 0 Å². The van der Waals surface area contributed by atoms with E-state index in [1.165, 1.54) is 76.3 Å². The monoisotopic (exact) mass is 354 g/mol. The van der Waals surface area contributed by atoms with Crippen molar-refractivity contribution < 1.29 is 0 Å². The second-order valence-corrected chi connectivity index (χ2v) is 8.17. The molecule has 2 atom stereocenters. The lowest BCUT2D eigenvalue weighted by Gasteiger charge is -2.48. The highest BCUT2D eigenvalue weighted by molar-refractivity contribution is 5.53. The average Bonchev–Trinajstić information content (AvgIpc) is 2.67. The van der Waals surface area contributed by atoms with Gasteiger partial charge in [-0.05, 0) is 44.7 Å². The zero-order valence-electron chi connectivity index (χ0n) is 17.1. The zero-order chi connectivity index (χ0) is 18.7. The Labute approximate surface area is 161 Å². The van der Waals surface area contributed by atoms with Crippen LogP contribution in [0.25, 0.3) is 0 Å². The summed E-state index contributed by atoms with van der Waals surface area (Å²) >= 11 is 0. The number of anilines is 1. The van der Waals surface area contributed by atoms with Gasteiger partial charge in [-0.15, -0.1) is 0 Å². The lowest BCUT2D eigenvalue weighted by Crippen LogP contribution is -2.55. The van der Waals surface area contributed by atoms with E-state index in [9.17, 15) is 5.26 Å². The van der Waals surface area contributed by atoms with Gasteiger partial charge in [-0.1, -0.05) is 82.9 Å². The van der Waals surface area contributed by atoms with Crippen molar-refractivity contribution in [2.45, 2.75) is 109 Å². The Bertz CT molecular complexity index is 533. The van der Waals surface area contributed by atoms with E-state index >= 15 is 0 Å². The summed E-state index contributed by atoms with van der Waals surface area (Å²) < 4.78 is 0. The molecule has 0 bridgehead atoms. The second-order valence-electron chi connectivity index (χ2n) is 8.17. The minimum absolute atomic E-state index is 0.305. The maximum atomic E-state index is 10.1. The quantitative estimate of drug-likeness (QED) is 0.391. The molecule has 2 nitrogen and oxygen atoms in total. The van der Waals surface area contributed by atoms with Crippen molar-refractivity contribution in [3.8, 4) is 6.07 Å². The smallest absolute Gasteiger partial charge is 0.128 e. The van der Waals surface area contributed by atoms with Crippen LogP contribution < -0.4 is 4.90 Å². The third kappa shape index (κ3) is 5.76. The molecule has 0 aliphatic carbocycles. The highest BCUT2D eigenvalue weighted by Gasteiger charge is 2.41. The van der Waals surface area contributed by atoms with Gasteiger partial charge in [0, 0.05) is 11.7 Å². The molecule has 1 aliphatic heterocycles. The Morgan fingerprint density at radius 2 is 1.62 bits per heavy atom. The van der Waals surface area contributed by atoms with E-state index in [-0.39, 0.29) is 5.54 Å².